The van der Waals surface area contributed by atoms with Crippen LogP contribution in [-0.4, -0.2) is 19.3 Å². The summed E-state index contributed by atoms with van der Waals surface area (Å²) in [6.45, 7) is 1.70. The maximum Gasteiger partial charge on any atom is 0.125 e. The fourth-order valence-electron chi connectivity index (χ4n) is 2.14. The molecular weight excluding hydrogens is 276 g/mol. The van der Waals surface area contributed by atoms with E-state index < -0.39 is 5.60 Å². The molecule has 2 aromatic carbocycles. The molecule has 3 nitrogen and oxygen atoms in total. The Kier molecular flexibility index (Phi) is 4.21. The molecule has 2 rings (SSSR count). The lowest BCUT2D eigenvalue weighted by molar-refractivity contribution is 0.0987. The average molecular weight is 293 g/mol. The molecule has 0 bridgehead atoms. The highest BCUT2D eigenvalue weighted by Gasteiger charge is 2.29. The minimum absolute atomic E-state index is 0.545. The third-order valence-electron chi connectivity index (χ3n) is 3.32. The van der Waals surface area contributed by atoms with Gasteiger partial charge in [0.25, 0.3) is 0 Å². The number of ether oxygens (including phenoxy) is 2. The molecule has 0 aliphatic carbocycles. The molecule has 2 aromatic rings. The molecule has 0 radical (unpaired) electrons. The smallest absolute Gasteiger partial charge is 0.125 e. The van der Waals surface area contributed by atoms with Crippen LogP contribution >= 0.6 is 11.6 Å². The van der Waals surface area contributed by atoms with Crippen molar-refractivity contribution in [2.45, 2.75) is 12.5 Å². The van der Waals surface area contributed by atoms with Crippen molar-refractivity contribution in [1.29, 1.82) is 0 Å². The van der Waals surface area contributed by atoms with E-state index in [1.165, 1.54) is 0 Å². The van der Waals surface area contributed by atoms with E-state index in [2.05, 4.69) is 0 Å². The van der Waals surface area contributed by atoms with Crippen molar-refractivity contribution in [3.63, 3.8) is 0 Å². The number of rotatable bonds is 4. The summed E-state index contributed by atoms with van der Waals surface area (Å²) in [5, 5.41) is 11.5. The van der Waals surface area contributed by atoms with Crippen molar-refractivity contribution in [2.75, 3.05) is 14.2 Å². The Morgan fingerprint density at radius 3 is 2.45 bits per heavy atom. The predicted molar refractivity (Wildman–Crippen MR) is 79.7 cm³/mol. The maximum atomic E-state index is 10.9. The number of hydrogen-bond acceptors (Lipinski definition) is 3. The Balaban J connectivity index is 2.56. The summed E-state index contributed by atoms with van der Waals surface area (Å²) in [7, 11) is 3.15. The van der Waals surface area contributed by atoms with Gasteiger partial charge in [-0.2, -0.15) is 0 Å². The first kappa shape index (κ1) is 14.7. The molecule has 0 aromatic heterocycles. The fraction of sp³-hybridized carbons (Fsp3) is 0.250. The monoisotopic (exact) mass is 292 g/mol. The highest BCUT2D eigenvalue weighted by Crippen LogP contribution is 2.37. The van der Waals surface area contributed by atoms with Crippen LogP contribution in [0.2, 0.25) is 5.02 Å². The van der Waals surface area contributed by atoms with Gasteiger partial charge in [-0.05, 0) is 42.8 Å². The lowest BCUT2D eigenvalue weighted by atomic mass is 9.87. The van der Waals surface area contributed by atoms with Gasteiger partial charge in [-0.15, -0.1) is 0 Å². The van der Waals surface area contributed by atoms with E-state index in [-0.39, 0.29) is 0 Å². The molecule has 0 aliphatic heterocycles. The second kappa shape index (κ2) is 5.73. The first-order valence-electron chi connectivity index (χ1n) is 6.20. The van der Waals surface area contributed by atoms with Gasteiger partial charge in [0, 0.05) is 10.6 Å². The molecule has 4 heteroatoms. The number of hydrogen-bond donors (Lipinski definition) is 1. The van der Waals surface area contributed by atoms with Crippen molar-refractivity contribution in [3.8, 4) is 11.5 Å². The van der Waals surface area contributed by atoms with E-state index in [0.717, 1.165) is 0 Å². The molecule has 0 heterocycles. The minimum Gasteiger partial charge on any atom is -0.497 e. The van der Waals surface area contributed by atoms with E-state index in [4.69, 9.17) is 21.1 Å². The summed E-state index contributed by atoms with van der Waals surface area (Å²) in [6, 6.07) is 12.5. The van der Waals surface area contributed by atoms with Crippen molar-refractivity contribution in [2.24, 2.45) is 0 Å². The lowest BCUT2D eigenvalue weighted by Gasteiger charge is -2.27. The van der Waals surface area contributed by atoms with Crippen LogP contribution < -0.4 is 9.47 Å². The van der Waals surface area contributed by atoms with E-state index in [1.807, 2.05) is 18.2 Å². The van der Waals surface area contributed by atoms with Gasteiger partial charge in [0.15, 0.2) is 0 Å². The summed E-state index contributed by atoms with van der Waals surface area (Å²) in [5.74, 6) is 1.27. The minimum atomic E-state index is -1.23. The lowest BCUT2D eigenvalue weighted by Crippen LogP contribution is -2.23. The normalized spacial score (nSPS) is 13.7. The number of aliphatic hydroxyl groups is 1. The van der Waals surface area contributed by atoms with Gasteiger partial charge < -0.3 is 14.6 Å². The van der Waals surface area contributed by atoms with Crippen LogP contribution in [0.4, 0.5) is 0 Å². The molecule has 1 unspecified atom stereocenters. The molecule has 0 spiro atoms. The van der Waals surface area contributed by atoms with Crippen LogP contribution in [-0.2, 0) is 5.60 Å². The first-order chi connectivity index (χ1) is 9.48. The van der Waals surface area contributed by atoms with Crippen LogP contribution in [0.1, 0.15) is 18.1 Å². The molecule has 1 atom stereocenters. The summed E-state index contributed by atoms with van der Waals surface area (Å²) in [4.78, 5) is 0. The van der Waals surface area contributed by atoms with Crippen LogP contribution in [0.25, 0.3) is 0 Å². The predicted octanol–water partition coefficient (Wildman–Crippen LogP) is 3.61. The summed E-state index contributed by atoms with van der Waals surface area (Å²) in [5.41, 5.74) is 0.0864. The van der Waals surface area contributed by atoms with Gasteiger partial charge in [-0.25, -0.2) is 0 Å². The first-order valence-corrected chi connectivity index (χ1v) is 6.57. The molecule has 106 valence electrons. The van der Waals surface area contributed by atoms with E-state index >= 15 is 0 Å². The zero-order valence-electron chi connectivity index (χ0n) is 11.7. The zero-order chi connectivity index (χ0) is 14.8. The van der Waals surface area contributed by atoms with Gasteiger partial charge >= 0.3 is 0 Å². The Morgan fingerprint density at radius 1 is 1.05 bits per heavy atom. The summed E-state index contributed by atoms with van der Waals surface area (Å²) >= 11 is 6.03. The van der Waals surface area contributed by atoms with Crippen molar-refractivity contribution in [3.05, 3.63) is 58.6 Å². The largest absolute Gasteiger partial charge is 0.497 e. The Bertz CT molecular complexity index is 608. The zero-order valence-corrected chi connectivity index (χ0v) is 12.4. The maximum absolute atomic E-state index is 10.9. The second-order valence-electron chi connectivity index (χ2n) is 4.65. The van der Waals surface area contributed by atoms with Crippen molar-refractivity contribution < 1.29 is 14.6 Å². The molecular formula is C16H17ClO3. The standard InChI is InChI=1S/C16H17ClO3/c1-16(18,11-5-4-6-13(9-11)19-2)14-10-12(17)7-8-15(14)20-3/h4-10,18H,1-3H3. The Hall–Kier alpha value is -1.71. The van der Waals surface area contributed by atoms with Gasteiger partial charge in [-0.1, -0.05) is 23.7 Å². The third kappa shape index (κ3) is 2.74. The molecule has 0 saturated heterocycles. The number of benzene rings is 2. The van der Waals surface area contributed by atoms with E-state index in [9.17, 15) is 5.11 Å². The number of halogens is 1. The highest BCUT2D eigenvalue weighted by atomic mass is 35.5. The Morgan fingerprint density at radius 2 is 1.80 bits per heavy atom. The van der Waals surface area contributed by atoms with Crippen molar-refractivity contribution >= 4 is 11.6 Å². The third-order valence-corrected chi connectivity index (χ3v) is 3.55. The molecule has 0 amide bonds. The number of methoxy groups -OCH3 is 2. The fourth-order valence-corrected chi connectivity index (χ4v) is 2.31. The Labute approximate surface area is 123 Å². The van der Waals surface area contributed by atoms with Gasteiger partial charge in [0.05, 0.1) is 14.2 Å². The van der Waals surface area contributed by atoms with Gasteiger partial charge in [0.2, 0.25) is 0 Å². The van der Waals surface area contributed by atoms with Crippen LogP contribution in [0.15, 0.2) is 42.5 Å². The van der Waals surface area contributed by atoms with Crippen LogP contribution in [0.3, 0.4) is 0 Å². The topological polar surface area (TPSA) is 38.7 Å². The quantitative estimate of drug-likeness (QED) is 0.935. The molecule has 0 fully saturated rings. The van der Waals surface area contributed by atoms with E-state index in [1.54, 1.807) is 45.4 Å². The molecule has 0 saturated carbocycles. The SMILES string of the molecule is COc1cccc(C(C)(O)c2cc(Cl)ccc2OC)c1. The highest BCUT2D eigenvalue weighted by molar-refractivity contribution is 6.30. The van der Waals surface area contributed by atoms with Crippen LogP contribution in [0.5, 0.6) is 11.5 Å². The molecule has 20 heavy (non-hydrogen) atoms. The van der Waals surface area contributed by atoms with Gasteiger partial charge in [-0.3, -0.25) is 0 Å². The molecule has 1 N–H and O–H groups in total. The van der Waals surface area contributed by atoms with E-state index in [0.29, 0.717) is 27.6 Å². The van der Waals surface area contributed by atoms with Gasteiger partial charge in [0.1, 0.15) is 17.1 Å². The summed E-state index contributed by atoms with van der Waals surface area (Å²) < 4.78 is 10.5. The van der Waals surface area contributed by atoms with Crippen LogP contribution in [0, 0.1) is 0 Å². The summed E-state index contributed by atoms with van der Waals surface area (Å²) in [6.07, 6.45) is 0. The van der Waals surface area contributed by atoms with Crippen molar-refractivity contribution in [1.82, 2.24) is 0 Å². The molecule has 0 aliphatic rings. The average Bonchev–Trinajstić information content (AvgIpc) is 2.47. The second-order valence-corrected chi connectivity index (χ2v) is 5.09.